The molecule has 2 rings (SSSR count). The highest BCUT2D eigenvalue weighted by Crippen LogP contribution is 2.25. The van der Waals surface area contributed by atoms with Gasteiger partial charge in [-0.3, -0.25) is 0 Å². The number of ether oxygens (including phenoxy) is 1. The molecule has 1 N–H and O–H groups in total. The fourth-order valence-electron chi connectivity index (χ4n) is 2.21. The van der Waals surface area contributed by atoms with E-state index in [9.17, 15) is 8.42 Å². The standard InChI is InChI=1S/C15H19N3O3S/c1-10-7-14(21-4)8-11(2)15(10)22(19,20)16-9-13-6-5-12(3)17-18-13/h5-8,16H,9H2,1-4H3. The van der Waals surface area contributed by atoms with E-state index >= 15 is 0 Å². The maximum Gasteiger partial charge on any atom is 0.241 e. The van der Waals surface area contributed by atoms with Gasteiger partial charge < -0.3 is 4.74 Å². The van der Waals surface area contributed by atoms with E-state index in [4.69, 9.17) is 4.74 Å². The molecule has 0 radical (unpaired) electrons. The van der Waals surface area contributed by atoms with Crippen LogP contribution < -0.4 is 9.46 Å². The normalized spacial score (nSPS) is 11.5. The highest BCUT2D eigenvalue weighted by molar-refractivity contribution is 7.89. The van der Waals surface area contributed by atoms with Crippen molar-refractivity contribution >= 4 is 10.0 Å². The average Bonchev–Trinajstić information content (AvgIpc) is 2.45. The molecule has 1 aromatic heterocycles. The Labute approximate surface area is 130 Å². The number of sulfonamides is 1. The van der Waals surface area contributed by atoms with Crippen LogP contribution in [0.5, 0.6) is 5.75 Å². The first kappa shape index (κ1) is 16.4. The monoisotopic (exact) mass is 321 g/mol. The lowest BCUT2D eigenvalue weighted by atomic mass is 10.1. The van der Waals surface area contributed by atoms with E-state index in [2.05, 4.69) is 14.9 Å². The van der Waals surface area contributed by atoms with Crippen molar-refractivity contribution in [1.82, 2.24) is 14.9 Å². The number of rotatable bonds is 5. The summed E-state index contributed by atoms with van der Waals surface area (Å²) in [7, 11) is -2.08. The second kappa shape index (κ2) is 6.41. The van der Waals surface area contributed by atoms with Gasteiger partial charge in [0.25, 0.3) is 0 Å². The SMILES string of the molecule is COc1cc(C)c(S(=O)(=O)NCc2ccc(C)nn2)c(C)c1. The molecule has 0 amide bonds. The Kier molecular flexibility index (Phi) is 4.77. The Balaban J connectivity index is 2.25. The summed E-state index contributed by atoms with van der Waals surface area (Å²) in [6.07, 6.45) is 0. The van der Waals surface area contributed by atoms with Gasteiger partial charge in [0.05, 0.1) is 29.9 Å². The molecule has 22 heavy (non-hydrogen) atoms. The molecule has 1 aromatic carbocycles. The number of nitrogens with zero attached hydrogens (tertiary/aromatic N) is 2. The molecular weight excluding hydrogens is 302 g/mol. The van der Waals surface area contributed by atoms with Crippen molar-refractivity contribution < 1.29 is 13.2 Å². The van der Waals surface area contributed by atoms with Gasteiger partial charge in [-0.05, 0) is 56.2 Å². The summed E-state index contributed by atoms with van der Waals surface area (Å²) in [5.74, 6) is 0.637. The van der Waals surface area contributed by atoms with Gasteiger partial charge in [0.2, 0.25) is 10.0 Å². The van der Waals surface area contributed by atoms with Crippen LogP contribution in [0.15, 0.2) is 29.2 Å². The molecule has 0 saturated carbocycles. The number of aryl methyl sites for hydroxylation is 3. The van der Waals surface area contributed by atoms with Gasteiger partial charge in [-0.1, -0.05) is 0 Å². The van der Waals surface area contributed by atoms with Crippen molar-refractivity contribution in [3.63, 3.8) is 0 Å². The molecule has 0 fully saturated rings. The Morgan fingerprint density at radius 1 is 1.09 bits per heavy atom. The molecule has 0 aliphatic carbocycles. The van der Waals surface area contributed by atoms with E-state index in [1.54, 1.807) is 45.2 Å². The zero-order chi connectivity index (χ0) is 16.3. The molecule has 1 heterocycles. The summed E-state index contributed by atoms with van der Waals surface area (Å²) in [5.41, 5.74) is 2.63. The van der Waals surface area contributed by atoms with Crippen LogP contribution in [0.2, 0.25) is 0 Å². The van der Waals surface area contributed by atoms with Crippen LogP contribution in [0.4, 0.5) is 0 Å². The molecule has 0 atom stereocenters. The van der Waals surface area contributed by atoms with Crippen LogP contribution in [0.25, 0.3) is 0 Å². The van der Waals surface area contributed by atoms with E-state index in [-0.39, 0.29) is 11.4 Å². The summed E-state index contributed by atoms with van der Waals surface area (Å²) >= 11 is 0. The summed E-state index contributed by atoms with van der Waals surface area (Å²) in [6, 6.07) is 6.94. The smallest absolute Gasteiger partial charge is 0.241 e. The maximum atomic E-state index is 12.5. The number of hydrogen-bond donors (Lipinski definition) is 1. The van der Waals surface area contributed by atoms with Gasteiger partial charge in [0.1, 0.15) is 5.75 Å². The molecule has 7 heteroatoms. The van der Waals surface area contributed by atoms with Crippen molar-refractivity contribution in [2.24, 2.45) is 0 Å². The fourth-order valence-corrected chi connectivity index (χ4v) is 3.66. The summed E-state index contributed by atoms with van der Waals surface area (Å²) in [4.78, 5) is 0.272. The first-order valence-electron chi connectivity index (χ1n) is 6.77. The minimum absolute atomic E-state index is 0.0977. The largest absolute Gasteiger partial charge is 0.497 e. The lowest BCUT2D eigenvalue weighted by Crippen LogP contribution is -2.25. The van der Waals surface area contributed by atoms with Crippen molar-refractivity contribution in [2.75, 3.05) is 7.11 Å². The predicted octanol–water partition coefficient (Wildman–Crippen LogP) is 1.89. The van der Waals surface area contributed by atoms with Crippen LogP contribution in [0, 0.1) is 20.8 Å². The average molecular weight is 321 g/mol. The van der Waals surface area contributed by atoms with E-state index in [0.29, 0.717) is 22.6 Å². The van der Waals surface area contributed by atoms with E-state index in [0.717, 1.165) is 5.69 Å². The molecule has 2 aromatic rings. The Bertz CT molecular complexity index is 748. The zero-order valence-electron chi connectivity index (χ0n) is 13.0. The Hall–Kier alpha value is -1.99. The number of aromatic nitrogens is 2. The molecule has 0 bridgehead atoms. The van der Waals surface area contributed by atoms with Gasteiger partial charge in [-0.2, -0.15) is 10.2 Å². The number of methoxy groups -OCH3 is 1. The summed E-state index contributed by atoms with van der Waals surface area (Å²) in [6.45, 7) is 5.41. The van der Waals surface area contributed by atoms with E-state index in [1.807, 2.05) is 6.92 Å². The molecule has 0 aliphatic rings. The van der Waals surface area contributed by atoms with Crippen molar-refractivity contribution in [1.29, 1.82) is 0 Å². The third-order valence-electron chi connectivity index (χ3n) is 3.23. The number of nitrogens with one attached hydrogen (secondary N) is 1. The van der Waals surface area contributed by atoms with Crippen molar-refractivity contribution in [3.05, 3.63) is 46.8 Å². The minimum atomic E-state index is -3.63. The molecule has 0 aliphatic heterocycles. The topological polar surface area (TPSA) is 81.2 Å². The van der Waals surface area contributed by atoms with Crippen LogP contribution >= 0.6 is 0 Å². The van der Waals surface area contributed by atoms with Gasteiger partial charge in [0, 0.05) is 0 Å². The highest BCUT2D eigenvalue weighted by atomic mass is 32.2. The fraction of sp³-hybridized carbons (Fsp3) is 0.333. The van der Waals surface area contributed by atoms with Crippen molar-refractivity contribution in [3.8, 4) is 5.75 Å². The van der Waals surface area contributed by atoms with Gasteiger partial charge in [0.15, 0.2) is 0 Å². The van der Waals surface area contributed by atoms with Crippen LogP contribution in [0.1, 0.15) is 22.5 Å². The Morgan fingerprint density at radius 2 is 1.73 bits per heavy atom. The zero-order valence-corrected chi connectivity index (χ0v) is 13.9. The number of benzene rings is 1. The second-order valence-electron chi connectivity index (χ2n) is 5.08. The minimum Gasteiger partial charge on any atom is -0.497 e. The summed E-state index contributed by atoms with van der Waals surface area (Å²) < 4.78 is 32.7. The second-order valence-corrected chi connectivity index (χ2v) is 6.78. The van der Waals surface area contributed by atoms with Gasteiger partial charge in [-0.25, -0.2) is 13.1 Å². The summed E-state index contributed by atoms with van der Waals surface area (Å²) in [5, 5.41) is 7.86. The van der Waals surface area contributed by atoms with Crippen LogP contribution in [-0.2, 0) is 16.6 Å². The van der Waals surface area contributed by atoms with Crippen LogP contribution in [-0.4, -0.2) is 25.7 Å². The lowest BCUT2D eigenvalue weighted by Gasteiger charge is -2.13. The maximum absolute atomic E-state index is 12.5. The predicted molar refractivity (Wildman–Crippen MR) is 83.3 cm³/mol. The Morgan fingerprint density at radius 3 is 2.23 bits per heavy atom. The molecule has 0 unspecified atom stereocenters. The van der Waals surface area contributed by atoms with E-state index < -0.39 is 10.0 Å². The highest BCUT2D eigenvalue weighted by Gasteiger charge is 2.20. The van der Waals surface area contributed by atoms with Crippen molar-refractivity contribution in [2.45, 2.75) is 32.2 Å². The van der Waals surface area contributed by atoms with Gasteiger partial charge >= 0.3 is 0 Å². The third-order valence-corrected chi connectivity index (χ3v) is 4.94. The first-order valence-corrected chi connectivity index (χ1v) is 8.26. The van der Waals surface area contributed by atoms with Gasteiger partial charge in [-0.15, -0.1) is 0 Å². The van der Waals surface area contributed by atoms with E-state index in [1.165, 1.54) is 0 Å². The first-order chi connectivity index (χ1) is 10.3. The molecule has 0 spiro atoms. The van der Waals surface area contributed by atoms with Crippen LogP contribution in [0.3, 0.4) is 0 Å². The third kappa shape index (κ3) is 3.61. The quantitative estimate of drug-likeness (QED) is 0.909. The molecule has 118 valence electrons. The number of hydrogen-bond acceptors (Lipinski definition) is 5. The molecule has 0 saturated heterocycles. The molecule has 6 nitrogen and oxygen atoms in total. The molecular formula is C15H19N3O3S. The lowest BCUT2D eigenvalue weighted by molar-refractivity contribution is 0.413.